The average molecular weight is 1820 g/mol. The standard InChI is InChI=1S/2C46H28N2O.C42H26N2O/c1-2-13-33(14-3-1)47-42-20-9-7-17-39(42)45-44(47)40-26-25-38-37-16-6-8-19-41(37)48(43(38)46(40)49-45)34-24-23-30-27-32(22-21-31(30)28-34)36-18-10-12-29-11-4-5-15-35(29)36;1-2-12-35(13-3-1)47-42-17-9-7-15-39(42)45-44(47)40-25-24-38-37-14-6-8-16-41(37)48(43(38)46(40)49-45)36-23-22-33-27-32(20-21-34(33)28-36)31-19-18-29-10-4-5-11-30(29)26-31;1-2-15-29(16-3-1)43-38-23-9-7-20-35(38)41-40(43)36-25-24-34-33-19-6-8-22-37(33)44(39(34)42(36)45-41)30-17-10-14-28(26-30)32-21-11-13-27-12-4-5-18-31(27)32/h2*1-28H;1-26H. The number of benzene rings is 23. The van der Waals surface area contributed by atoms with Gasteiger partial charge in [0.25, 0.3) is 0 Å². The second-order valence-electron chi connectivity index (χ2n) is 37.6. The monoisotopic (exact) mass is 1820 g/mol. The molecule has 0 N–H and O–H groups in total. The van der Waals surface area contributed by atoms with Crippen LogP contribution in [0.2, 0.25) is 0 Å². The van der Waals surface area contributed by atoms with E-state index < -0.39 is 0 Å². The van der Waals surface area contributed by atoms with Crippen molar-refractivity contribution >= 4 is 218 Å². The highest BCUT2D eigenvalue weighted by Crippen LogP contribution is 2.51. The van der Waals surface area contributed by atoms with E-state index in [9.17, 15) is 0 Å². The van der Waals surface area contributed by atoms with Crippen LogP contribution < -0.4 is 0 Å². The molecule has 9 nitrogen and oxygen atoms in total. The van der Waals surface area contributed by atoms with Crippen molar-refractivity contribution in [1.82, 2.24) is 27.4 Å². The van der Waals surface area contributed by atoms with E-state index in [0.29, 0.717) is 0 Å². The maximum atomic E-state index is 7.02. The molecule has 0 aliphatic heterocycles. The predicted molar refractivity (Wildman–Crippen MR) is 599 cm³/mol. The van der Waals surface area contributed by atoms with Crippen LogP contribution in [0.25, 0.3) is 286 Å². The Labute approximate surface area is 818 Å². The van der Waals surface area contributed by atoms with Gasteiger partial charge in [-0.05, 0) is 251 Å². The van der Waals surface area contributed by atoms with Gasteiger partial charge in [-0.25, -0.2) is 0 Å². The van der Waals surface area contributed by atoms with Gasteiger partial charge >= 0.3 is 0 Å². The highest BCUT2D eigenvalue weighted by molar-refractivity contribution is 6.29. The Morgan fingerprint density at radius 2 is 0.357 bits per heavy atom. The number of furan rings is 3. The van der Waals surface area contributed by atoms with E-state index in [4.69, 9.17) is 13.3 Å². The minimum atomic E-state index is 0.902. The van der Waals surface area contributed by atoms with E-state index >= 15 is 0 Å². The minimum Gasteiger partial charge on any atom is -0.451 e. The number of aromatic nitrogens is 6. The molecule has 0 bridgehead atoms. The fourth-order valence-corrected chi connectivity index (χ4v) is 23.5. The van der Waals surface area contributed by atoms with Crippen molar-refractivity contribution in [2.75, 3.05) is 0 Å². The van der Waals surface area contributed by atoms with Gasteiger partial charge in [-0.15, -0.1) is 0 Å². The van der Waals surface area contributed by atoms with E-state index in [-0.39, 0.29) is 0 Å². The SMILES string of the molecule is c1ccc(-n2c3ccccc3c3oc4c(ccc5c6ccccc6n(-c6ccc7cc(-c8ccc9ccccc9c8)ccc7c6)c54)c32)cc1.c1ccc(-n2c3ccccc3c3oc4c(ccc5c6ccccc6n(-c6ccc7cc(-c8cccc9ccccc89)ccc7c6)c54)c32)cc1.c1ccc(-n2c3ccccc3c3oc4c(ccc5c6ccccc6n(-c6cccc(-c7cccc8ccccc78)c6)c54)c32)cc1. The third-order valence-electron chi connectivity index (χ3n) is 29.8. The Hall–Kier alpha value is -19.2. The molecule has 666 valence electrons. The molecule has 9 heteroatoms. The van der Waals surface area contributed by atoms with Crippen LogP contribution in [-0.4, -0.2) is 27.4 Å². The summed E-state index contributed by atoms with van der Waals surface area (Å²) < 4.78 is 35.2. The molecule has 0 atom stereocenters. The number of hydrogen-bond donors (Lipinski definition) is 0. The molecule has 143 heavy (non-hydrogen) atoms. The number of fused-ring (bicyclic) bond motifs is 32. The van der Waals surface area contributed by atoms with Gasteiger partial charge in [0.05, 0.1) is 49.7 Å². The van der Waals surface area contributed by atoms with Gasteiger partial charge in [-0.3, -0.25) is 0 Å². The van der Waals surface area contributed by atoms with Gasteiger partial charge < -0.3 is 40.7 Å². The molecule has 0 fully saturated rings. The van der Waals surface area contributed by atoms with Gasteiger partial charge in [0.15, 0.2) is 33.5 Å². The molecule has 9 heterocycles. The molecule has 0 radical (unpaired) electrons. The molecule has 0 saturated heterocycles. The first kappa shape index (κ1) is 79.9. The van der Waals surface area contributed by atoms with Gasteiger partial charge in [-0.2, -0.15) is 0 Å². The highest BCUT2D eigenvalue weighted by atomic mass is 16.3. The van der Waals surface area contributed by atoms with Gasteiger partial charge in [-0.1, -0.05) is 334 Å². The smallest absolute Gasteiger partial charge is 0.161 e. The molecule has 0 spiro atoms. The quantitative estimate of drug-likeness (QED) is 0.145. The van der Waals surface area contributed by atoms with Crippen molar-refractivity contribution in [2.24, 2.45) is 0 Å². The van der Waals surface area contributed by atoms with Crippen LogP contribution in [0.1, 0.15) is 0 Å². The zero-order chi connectivity index (χ0) is 93.6. The van der Waals surface area contributed by atoms with Crippen LogP contribution in [0, 0.1) is 0 Å². The summed E-state index contributed by atoms with van der Waals surface area (Å²) in [5.74, 6) is 0. The molecular weight excluding hydrogens is 1740 g/mol. The summed E-state index contributed by atoms with van der Waals surface area (Å²) >= 11 is 0. The summed E-state index contributed by atoms with van der Waals surface area (Å²) in [6.07, 6.45) is 0. The van der Waals surface area contributed by atoms with Crippen LogP contribution in [0.5, 0.6) is 0 Å². The Morgan fingerprint density at radius 1 is 0.119 bits per heavy atom. The van der Waals surface area contributed by atoms with E-state index in [0.717, 1.165) is 166 Å². The normalized spacial score (nSPS) is 12.1. The maximum Gasteiger partial charge on any atom is 0.161 e. The first-order valence-corrected chi connectivity index (χ1v) is 48.9. The summed E-state index contributed by atoms with van der Waals surface area (Å²) in [4.78, 5) is 0. The van der Waals surface area contributed by atoms with Crippen molar-refractivity contribution in [3.05, 3.63) is 497 Å². The molecule has 0 aliphatic rings. The average Bonchev–Trinajstić information content (AvgIpc) is 1.54. The van der Waals surface area contributed by atoms with Crippen LogP contribution in [-0.2, 0) is 0 Å². The topological polar surface area (TPSA) is 69.0 Å². The van der Waals surface area contributed by atoms with Crippen molar-refractivity contribution in [2.45, 2.75) is 0 Å². The Kier molecular flexibility index (Phi) is 17.7. The van der Waals surface area contributed by atoms with E-state index in [1.54, 1.807) is 0 Å². The number of rotatable bonds is 9. The Bertz CT molecular complexity index is 10900. The zero-order valence-electron chi connectivity index (χ0n) is 77.3. The summed E-state index contributed by atoms with van der Waals surface area (Å²) in [6.45, 7) is 0. The molecule has 0 saturated carbocycles. The first-order chi connectivity index (χ1) is 71.0. The van der Waals surface area contributed by atoms with Crippen molar-refractivity contribution in [1.29, 1.82) is 0 Å². The minimum absolute atomic E-state index is 0.902. The lowest BCUT2D eigenvalue weighted by molar-refractivity contribution is 0.674. The Balaban J connectivity index is 0.000000100. The van der Waals surface area contributed by atoms with Crippen LogP contribution in [0.3, 0.4) is 0 Å². The van der Waals surface area contributed by atoms with Gasteiger partial charge in [0, 0.05) is 98.8 Å². The molecule has 0 unspecified atom stereocenters. The number of hydrogen-bond acceptors (Lipinski definition) is 3. The van der Waals surface area contributed by atoms with Crippen molar-refractivity contribution in [3.8, 4) is 67.5 Å². The third-order valence-corrected chi connectivity index (χ3v) is 29.8. The predicted octanol–water partition coefficient (Wildman–Crippen LogP) is 36.6. The number of para-hydroxylation sites is 9. The fraction of sp³-hybridized carbons (Fsp3) is 0. The van der Waals surface area contributed by atoms with Crippen molar-refractivity contribution < 1.29 is 13.3 Å². The zero-order valence-corrected chi connectivity index (χ0v) is 77.3. The van der Waals surface area contributed by atoms with E-state index in [1.807, 2.05) is 0 Å². The van der Waals surface area contributed by atoms with Gasteiger partial charge in [0.2, 0.25) is 0 Å². The lowest BCUT2D eigenvalue weighted by atomic mass is 9.96. The maximum absolute atomic E-state index is 7.02. The molecule has 32 aromatic rings. The van der Waals surface area contributed by atoms with Crippen LogP contribution in [0.4, 0.5) is 0 Å². The lowest BCUT2D eigenvalue weighted by Gasteiger charge is -2.12. The third kappa shape index (κ3) is 12.3. The van der Waals surface area contributed by atoms with Crippen LogP contribution >= 0.6 is 0 Å². The molecule has 0 aliphatic carbocycles. The molecule has 9 aromatic heterocycles. The molecular formula is C134H82N6O3. The largest absolute Gasteiger partial charge is 0.451 e. The summed E-state index contributed by atoms with van der Waals surface area (Å²) in [5.41, 5.74) is 33.0. The highest BCUT2D eigenvalue weighted by Gasteiger charge is 2.30. The summed E-state index contributed by atoms with van der Waals surface area (Å²) in [6, 6.07) is 179. The molecule has 23 aromatic carbocycles. The van der Waals surface area contributed by atoms with Crippen molar-refractivity contribution in [3.63, 3.8) is 0 Å². The Morgan fingerprint density at radius 3 is 0.755 bits per heavy atom. The second kappa shape index (κ2) is 31.7. The van der Waals surface area contributed by atoms with Crippen LogP contribution in [0.15, 0.2) is 511 Å². The molecule has 32 rings (SSSR count). The van der Waals surface area contributed by atoms with E-state index in [2.05, 4.69) is 525 Å². The second-order valence-corrected chi connectivity index (χ2v) is 37.6. The summed E-state index contributed by atoms with van der Waals surface area (Å²) in [7, 11) is 0. The van der Waals surface area contributed by atoms with Gasteiger partial charge in [0.1, 0.15) is 16.6 Å². The lowest BCUT2D eigenvalue weighted by Crippen LogP contribution is -1.95. The van der Waals surface area contributed by atoms with E-state index in [1.165, 1.54) is 120 Å². The first-order valence-electron chi connectivity index (χ1n) is 48.9. The molecule has 0 amide bonds. The summed E-state index contributed by atoms with van der Waals surface area (Å²) in [5, 5.41) is 26.2. The fourth-order valence-electron chi connectivity index (χ4n) is 23.5. The number of nitrogens with zero attached hydrogens (tertiary/aromatic N) is 6.